The number of carbonyl (C=O) groups excluding carboxylic acids is 6. The maximum Gasteiger partial charge on any atom is 0.347 e. The molecule has 0 saturated carbocycles. The summed E-state index contributed by atoms with van der Waals surface area (Å²) in [5, 5.41) is 35.5. The van der Waals surface area contributed by atoms with E-state index in [1.807, 2.05) is 93.6 Å². The van der Waals surface area contributed by atoms with E-state index in [1.54, 1.807) is 154 Å². The number of halogens is 2. The summed E-state index contributed by atoms with van der Waals surface area (Å²) in [6, 6.07) is 58.9. The molecule has 2 fully saturated rings. The van der Waals surface area contributed by atoms with Crippen molar-refractivity contribution >= 4 is 228 Å². The number of aromatic hydroxyl groups is 2. The van der Waals surface area contributed by atoms with Crippen LogP contribution in [0.1, 0.15) is 120 Å². The van der Waals surface area contributed by atoms with Gasteiger partial charge in [0.15, 0.2) is 0 Å². The summed E-state index contributed by atoms with van der Waals surface area (Å²) in [5.41, 5.74) is 8.53. The van der Waals surface area contributed by atoms with Crippen LogP contribution < -0.4 is 50.2 Å². The summed E-state index contributed by atoms with van der Waals surface area (Å²) in [5.74, 6) is -4.76. The van der Waals surface area contributed by atoms with Crippen LogP contribution in [-0.4, -0.2) is 78.6 Å². The molecule has 14 rings (SSSR count). The Kier molecular flexibility index (Phi) is 29.5. The van der Waals surface area contributed by atoms with Crippen LogP contribution in [0.3, 0.4) is 0 Å². The molecule has 0 radical (unpaired) electrons. The van der Waals surface area contributed by atoms with E-state index >= 15 is 0 Å². The molecule has 3 N–H and O–H groups in total. The van der Waals surface area contributed by atoms with Crippen molar-refractivity contribution in [1.82, 2.24) is 0 Å². The molecule has 0 aromatic heterocycles. The second-order valence-corrected chi connectivity index (χ2v) is 73.2. The smallest absolute Gasteiger partial charge is 0.347 e. The Morgan fingerprint density at radius 2 is 0.862 bits per heavy atom. The normalized spacial score (nSPS) is 19.0. The average molecular weight is 1920 g/mol. The third kappa shape index (κ3) is 22.3. The number of anilines is 1. The third-order valence-electron chi connectivity index (χ3n) is 19.3. The zero-order valence-corrected chi connectivity index (χ0v) is 77.3. The van der Waals surface area contributed by atoms with Gasteiger partial charge in [0, 0.05) is 83.6 Å². The second-order valence-electron chi connectivity index (χ2n) is 27.8. The van der Waals surface area contributed by atoms with Crippen LogP contribution >= 0.6 is 61.8 Å². The number of allylic oxidation sites excluding steroid dienone is 4. The fraction of sp³-hybridized carbons (Fsp3) is 0.149. The standard InChI is InChI=1S/C44H38FNO7P2S5.C43H34FNO11P2S5/c1-4-5-6-43(49)53-41-22-10-30(25-40(41)44(50)52-32-13-17-34(18-14-32)55(57)58-54(56,59-55)33-15-11-31(47)12-16-33)46-42(48)26-38-27(2)37(36-21-9-29(45)24-39(36)38)23-28-7-19-35(20-8-28)60(3)51;1-26-36(22-27-5-17-34(18-6-27)63(2)52)35-19-7-28(44)23-38(35)37(26)25-42(48)54-31-12-20-40(56-41(47)4-3-21-53-45(50)51)39(24-31)43(49)55-30-10-15-33(16-11-30)58(60)61-57(59,62-58)32-13-8-29(46)9-14-32/h7-25,47H,4-6,26H2,1-3H3,(H,46,48);5-20,22-24,46H,3-4,21,25H2,1-2H3/b37-23-;36-22-. The van der Waals surface area contributed by atoms with Crippen LogP contribution in [0, 0.1) is 21.7 Å². The second kappa shape index (κ2) is 39.6. The molecule has 2 saturated heterocycles. The number of phenols is 2. The predicted octanol–water partition coefficient (Wildman–Crippen LogP) is 20.7. The molecule has 36 heteroatoms. The molecule has 2 unspecified atom stereocenters. The Hall–Kier alpha value is -9.06. The molecule has 20 nitrogen and oxygen atoms in total. The van der Waals surface area contributed by atoms with Gasteiger partial charge in [0.25, 0.3) is 5.09 Å². The van der Waals surface area contributed by atoms with E-state index in [2.05, 4.69) is 10.2 Å². The van der Waals surface area contributed by atoms with Crippen LogP contribution in [0.4, 0.5) is 14.5 Å². The van der Waals surface area contributed by atoms with Gasteiger partial charge in [0.05, 0.1) is 37.2 Å². The van der Waals surface area contributed by atoms with E-state index in [-0.39, 0.29) is 95.8 Å². The quantitative estimate of drug-likeness (QED) is 0.0103. The van der Waals surface area contributed by atoms with E-state index in [1.165, 1.54) is 60.7 Å². The topological polar surface area (TPSA) is 288 Å². The first-order valence-electron chi connectivity index (χ1n) is 37.4. The van der Waals surface area contributed by atoms with Crippen LogP contribution in [0.5, 0.6) is 40.2 Å². The molecule has 123 heavy (non-hydrogen) atoms. The summed E-state index contributed by atoms with van der Waals surface area (Å²) in [4.78, 5) is 96.4. The van der Waals surface area contributed by atoms with Gasteiger partial charge < -0.3 is 44.1 Å². The van der Waals surface area contributed by atoms with Gasteiger partial charge in [-0.2, -0.15) is 0 Å². The molecule has 0 spiro atoms. The van der Waals surface area contributed by atoms with Crippen molar-refractivity contribution in [2.24, 2.45) is 0 Å². The minimum Gasteiger partial charge on any atom is -0.508 e. The van der Waals surface area contributed by atoms with Crippen molar-refractivity contribution in [3.05, 3.63) is 296 Å². The number of carbonyl (C=O) groups is 6. The van der Waals surface area contributed by atoms with Crippen molar-refractivity contribution in [3.63, 3.8) is 0 Å². The monoisotopic (exact) mass is 1910 g/mol. The molecule has 2 aliphatic carbocycles. The van der Waals surface area contributed by atoms with Gasteiger partial charge in [-0.1, -0.05) is 141 Å². The van der Waals surface area contributed by atoms with Gasteiger partial charge in [-0.3, -0.25) is 27.6 Å². The molecule has 0 bridgehead atoms. The summed E-state index contributed by atoms with van der Waals surface area (Å²) < 4.78 is 73.0. The van der Waals surface area contributed by atoms with Gasteiger partial charge in [-0.05, 0) is 288 Å². The van der Waals surface area contributed by atoms with Gasteiger partial charge in [-0.25, -0.2) is 18.4 Å². The molecule has 10 aromatic rings. The number of fused-ring (bicyclic) bond motifs is 2. The van der Waals surface area contributed by atoms with Crippen LogP contribution in [-0.2, 0) is 92.8 Å². The Morgan fingerprint density at radius 1 is 0.472 bits per heavy atom. The Morgan fingerprint density at radius 3 is 1.28 bits per heavy atom. The highest BCUT2D eigenvalue weighted by Crippen LogP contribution is 3.05. The molecule has 2 heterocycles. The van der Waals surface area contributed by atoms with Crippen LogP contribution in [0.15, 0.2) is 239 Å². The van der Waals surface area contributed by atoms with Crippen molar-refractivity contribution in [1.29, 1.82) is 0 Å². The number of hydrogen-bond donors (Lipinski definition) is 3. The fourth-order valence-corrected chi connectivity index (χ4v) is 98.7. The van der Waals surface area contributed by atoms with Gasteiger partial charge >= 0.3 is 29.8 Å². The lowest BCUT2D eigenvalue weighted by atomic mass is 10.0. The van der Waals surface area contributed by atoms with E-state index in [0.29, 0.717) is 44.0 Å². The number of amides is 1. The van der Waals surface area contributed by atoms with E-state index in [9.17, 15) is 66.3 Å². The number of unbranched alkanes of at least 4 members (excludes halogenated alkanes) is 1. The number of ether oxygens (including phenoxy) is 5. The largest absolute Gasteiger partial charge is 0.508 e. The minimum atomic E-state index is -2.16. The van der Waals surface area contributed by atoms with Gasteiger partial charge in [0.1, 0.15) is 63.0 Å². The first kappa shape index (κ1) is 91.6. The molecule has 2 aliphatic heterocycles. The lowest BCUT2D eigenvalue weighted by Gasteiger charge is -2.40. The molecule has 4 aliphatic rings. The number of rotatable bonds is 28. The molecular weight excluding hydrogens is 1840 g/mol. The first-order chi connectivity index (χ1) is 58.6. The SMILES string of the molecule is CC1=C(CC(=O)Oc2ccc(OC(=O)CCCO[N+](=O)[O-])c(C(=O)Oc3ccc(P4(=S)SP(=S)(c5ccc(O)cc5)S4)cc3)c2)c2cc(F)ccc2/C1=C\c1ccc(S(C)=O)cc1.CCCCC(=O)Oc1ccc(NC(=O)CC2=C(C)/C(=C/c3ccc(S(C)=O)cc3)c3ccc(F)cc32)cc1C(=O)Oc1ccc(P2(=S)SP(=S)(c3ccc(O)cc3)S2)cc1. The van der Waals surface area contributed by atoms with Gasteiger partial charge in [-0.15, -0.1) is 10.1 Å². The lowest BCUT2D eigenvalue weighted by Crippen LogP contribution is -2.16. The number of benzene rings is 10. The third-order valence-corrected chi connectivity index (χ3v) is 83.7. The Balaban J connectivity index is 0.000000212. The zero-order chi connectivity index (χ0) is 87.8. The highest BCUT2D eigenvalue weighted by Gasteiger charge is 2.47. The summed E-state index contributed by atoms with van der Waals surface area (Å²) in [6.45, 7) is 5.31. The Labute approximate surface area is 746 Å². The maximum atomic E-state index is 14.6. The average Bonchev–Trinajstić information content (AvgIpc) is 1.66. The van der Waals surface area contributed by atoms with Crippen LogP contribution in [0.2, 0.25) is 0 Å². The first-order valence-corrected chi connectivity index (χ1v) is 59.9. The highest BCUT2D eigenvalue weighted by molar-refractivity contribution is 9.48. The molecule has 1 amide bonds. The Bertz CT molecular complexity index is 6310. The van der Waals surface area contributed by atoms with Crippen molar-refractivity contribution in [3.8, 4) is 40.2 Å². The summed E-state index contributed by atoms with van der Waals surface area (Å²) >= 11 is 30.5. The van der Waals surface area contributed by atoms with E-state index < -0.39 is 91.8 Å². The minimum absolute atomic E-state index is 0.0138. The molecular formula is C87H72F2N2O18P4S10. The lowest BCUT2D eigenvalue weighted by molar-refractivity contribution is -0.757. The molecule has 632 valence electrons. The van der Waals surface area contributed by atoms with Crippen molar-refractivity contribution in [2.75, 3.05) is 24.4 Å². The van der Waals surface area contributed by atoms with Gasteiger partial charge in [0.2, 0.25) is 5.91 Å². The number of nitrogens with zero attached hydrogens (tertiary/aromatic N) is 1. The molecule has 2 atom stereocenters. The summed E-state index contributed by atoms with van der Waals surface area (Å²) in [7, 11) is -2.27. The van der Waals surface area contributed by atoms with E-state index in [0.717, 1.165) is 66.6 Å². The summed E-state index contributed by atoms with van der Waals surface area (Å²) in [6.07, 6.45) is 7.93. The van der Waals surface area contributed by atoms with Crippen LogP contribution in [0.25, 0.3) is 34.4 Å². The van der Waals surface area contributed by atoms with Crippen molar-refractivity contribution < 1.29 is 89.8 Å². The maximum absolute atomic E-state index is 14.6. The predicted molar refractivity (Wildman–Crippen MR) is 506 cm³/mol. The van der Waals surface area contributed by atoms with E-state index in [4.69, 9.17) is 70.9 Å². The van der Waals surface area contributed by atoms with Crippen molar-refractivity contribution in [2.45, 2.75) is 75.5 Å². The molecule has 10 aromatic carbocycles. The fourth-order valence-electron chi connectivity index (χ4n) is 13.1. The number of nitrogens with one attached hydrogen (secondary N) is 1. The number of esters is 5. The highest BCUT2D eigenvalue weighted by atomic mass is 33.7. The number of hydrogen-bond acceptors (Lipinski definition) is 26. The zero-order valence-electron chi connectivity index (χ0n) is 65.6. The number of phenolic OH excluding ortho intramolecular Hbond substituents is 2.